The summed E-state index contributed by atoms with van der Waals surface area (Å²) in [6, 6.07) is 4.13. The van der Waals surface area contributed by atoms with Gasteiger partial charge in [0.2, 0.25) is 0 Å². The van der Waals surface area contributed by atoms with E-state index >= 15 is 0 Å². The van der Waals surface area contributed by atoms with E-state index in [0.717, 1.165) is 0 Å². The molecule has 1 aromatic rings. The maximum absolute atomic E-state index is 13.2. The molecule has 0 fully saturated rings. The average molecular weight is 491 g/mol. The molecule has 0 amide bonds. The third-order valence-corrected chi connectivity index (χ3v) is 4.27. The molecule has 0 bridgehead atoms. The lowest BCUT2D eigenvalue weighted by molar-refractivity contribution is -0.344. The molecule has 4 nitrogen and oxygen atoms in total. The van der Waals surface area contributed by atoms with E-state index in [1.54, 1.807) is 0 Å². The highest BCUT2D eigenvalue weighted by molar-refractivity contribution is 6.43. The highest BCUT2D eigenvalue weighted by atomic mass is 35.5. The Morgan fingerprint density at radius 2 is 1.53 bits per heavy atom. The molecule has 0 spiro atoms. The minimum atomic E-state index is -6.48. The van der Waals surface area contributed by atoms with Crippen molar-refractivity contribution in [1.82, 2.24) is 0 Å². The maximum atomic E-state index is 13.2. The van der Waals surface area contributed by atoms with Gasteiger partial charge in [-0.25, -0.2) is 8.78 Å². The number of ether oxygens (including phenoxy) is 2. The smallest absolute Gasteiger partial charge is 0.381 e. The second kappa shape index (κ2) is 9.99. The van der Waals surface area contributed by atoms with Crippen LogP contribution in [0.5, 0.6) is 5.75 Å². The third-order valence-electron chi connectivity index (χ3n) is 3.47. The van der Waals surface area contributed by atoms with Gasteiger partial charge in [0.15, 0.2) is 12.4 Å². The molecule has 0 radical (unpaired) electrons. The Morgan fingerprint density at radius 1 is 0.967 bits per heavy atom. The largest absolute Gasteiger partial charge is 0.459 e. The third kappa shape index (κ3) is 6.10. The van der Waals surface area contributed by atoms with Gasteiger partial charge in [-0.3, -0.25) is 9.59 Å². The Kier molecular flexibility index (Phi) is 8.73. The van der Waals surface area contributed by atoms with Crippen LogP contribution in [0.4, 0.5) is 35.1 Å². The van der Waals surface area contributed by atoms with E-state index in [4.69, 9.17) is 27.9 Å². The second-order valence-electron chi connectivity index (χ2n) is 5.74. The van der Waals surface area contributed by atoms with Gasteiger partial charge in [0, 0.05) is 12.8 Å². The minimum absolute atomic E-state index is 0.0734. The summed E-state index contributed by atoms with van der Waals surface area (Å²) in [6.45, 7) is -2.57. The lowest BCUT2D eigenvalue weighted by Crippen LogP contribution is -2.59. The summed E-state index contributed by atoms with van der Waals surface area (Å²) in [4.78, 5) is 22.9. The summed E-state index contributed by atoms with van der Waals surface area (Å²) in [5.74, 6) is -21.2. The molecule has 0 saturated heterocycles. The Balaban J connectivity index is 2.51. The fourth-order valence-corrected chi connectivity index (χ4v) is 2.16. The van der Waals surface area contributed by atoms with Crippen LogP contribution in [0.1, 0.15) is 19.3 Å². The van der Waals surface area contributed by atoms with Gasteiger partial charge in [-0.05, 0) is 18.6 Å². The van der Waals surface area contributed by atoms with Crippen LogP contribution in [0.2, 0.25) is 10.0 Å². The van der Waals surface area contributed by atoms with Gasteiger partial charge in [-0.15, -0.1) is 0 Å². The zero-order valence-corrected chi connectivity index (χ0v) is 16.1. The van der Waals surface area contributed by atoms with Crippen molar-refractivity contribution >= 4 is 35.1 Å². The van der Waals surface area contributed by atoms with Crippen molar-refractivity contribution in [2.45, 2.75) is 43.5 Å². The highest BCUT2D eigenvalue weighted by Crippen LogP contribution is 2.48. The molecule has 0 heterocycles. The van der Waals surface area contributed by atoms with Crippen LogP contribution in [0.15, 0.2) is 18.2 Å². The van der Waals surface area contributed by atoms with E-state index in [1.807, 2.05) is 0 Å². The summed E-state index contributed by atoms with van der Waals surface area (Å²) in [7, 11) is 0. The van der Waals surface area contributed by atoms with Gasteiger partial charge >= 0.3 is 36.1 Å². The van der Waals surface area contributed by atoms with Crippen molar-refractivity contribution in [1.29, 1.82) is 0 Å². The molecule has 0 saturated carbocycles. The van der Waals surface area contributed by atoms with Crippen molar-refractivity contribution in [3.05, 3.63) is 28.2 Å². The number of carbonyl (C=O) groups is 2. The average Bonchev–Trinajstić information content (AvgIpc) is 2.63. The number of hydrogen-bond donors (Lipinski definition) is 0. The molecule has 0 aliphatic heterocycles. The first-order valence-electron chi connectivity index (χ1n) is 7.85. The second-order valence-corrected chi connectivity index (χ2v) is 6.53. The molecule has 0 aliphatic rings. The number of rotatable bonds is 10. The summed E-state index contributed by atoms with van der Waals surface area (Å²) in [5, 5.41) is 0.0105. The van der Waals surface area contributed by atoms with Crippen LogP contribution >= 0.6 is 23.2 Å². The van der Waals surface area contributed by atoms with E-state index in [2.05, 4.69) is 4.74 Å². The van der Waals surface area contributed by atoms with Crippen molar-refractivity contribution in [3.8, 4) is 5.75 Å². The molecule has 0 aromatic heterocycles. The first-order chi connectivity index (χ1) is 13.6. The molecule has 0 aliphatic carbocycles. The zero-order valence-electron chi connectivity index (χ0n) is 14.6. The number of halogens is 10. The number of alkyl halides is 8. The van der Waals surface area contributed by atoms with Crippen LogP contribution in [-0.2, 0) is 14.3 Å². The van der Waals surface area contributed by atoms with Crippen LogP contribution in [0.25, 0.3) is 0 Å². The van der Waals surface area contributed by atoms with Crippen molar-refractivity contribution in [2.75, 3.05) is 6.61 Å². The predicted octanol–water partition coefficient (Wildman–Crippen LogP) is 5.78. The van der Waals surface area contributed by atoms with Crippen LogP contribution in [0.3, 0.4) is 0 Å². The predicted molar refractivity (Wildman–Crippen MR) is 87.8 cm³/mol. The minimum Gasteiger partial charge on any atom is -0.459 e. The lowest BCUT2D eigenvalue weighted by Gasteiger charge is -2.31. The highest BCUT2D eigenvalue weighted by Gasteiger charge is 2.75. The first kappa shape index (κ1) is 26.2. The Morgan fingerprint density at radius 3 is 2.10 bits per heavy atom. The number of benzene rings is 1. The van der Waals surface area contributed by atoms with E-state index < -0.39 is 55.6 Å². The Labute approximate surface area is 174 Å². The van der Waals surface area contributed by atoms with Crippen LogP contribution < -0.4 is 4.74 Å². The fourth-order valence-electron chi connectivity index (χ4n) is 1.83. The van der Waals surface area contributed by atoms with Gasteiger partial charge in [0.05, 0.1) is 5.02 Å². The molecule has 170 valence electrons. The van der Waals surface area contributed by atoms with Gasteiger partial charge in [-0.2, -0.15) is 26.3 Å². The summed E-state index contributed by atoms with van der Waals surface area (Å²) in [5.41, 5.74) is 0. The van der Waals surface area contributed by atoms with Crippen LogP contribution in [-0.4, -0.2) is 42.7 Å². The molecular formula is C16H12Cl2F8O4. The Hall–Kier alpha value is -1.82. The Bertz CT molecular complexity index is 774. The summed E-state index contributed by atoms with van der Waals surface area (Å²) >= 11 is 11.5. The molecule has 0 atom stereocenters. The van der Waals surface area contributed by atoms with E-state index in [-0.39, 0.29) is 22.2 Å². The summed E-state index contributed by atoms with van der Waals surface area (Å²) in [6.07, 6.45) is -6.65. The van der Waals surface area contributed by atoms with Crippen molar-refractivity contribution in [2.24, 2.45) is 0 Å². The van der Waals surface area contributed by atoms with Gasteiger partial charge < -0.3 is 9.47 Å². The standard InChI is InChI=1S/C16H12Cl2F8O4/c17-8-3-1-4-9(12(8)18)30-11(28)6-2-5-10(27)29-7-14(21,22)16(25,26)15(23,24)13(19)20/h1,3-4,13H,2,5-7H2. The molecule has 30 heavy (non-hydrogen) atoms. The monoisotopic (exact) mass is 490 g/mol. The normalized spacial score (nSPS) is 12.8. The molecule has 1 rings (SSSR count). The number of hydrogen-bond acceptors (Lipinski definition) is 4. The fraction of sp³-hybridized carbons (Fsp3) is 0.500. The van der Waals surface area contributed by atoms with Crippen molar-refractivity contribution < 1.29 is 54.2 Å². The maximum Gasteiger partial charge on any atom is 0.381 e. The van der Waals surface area contributed by atoms with Crippen molar-refractivity contribution in [3.63, 3.8) is 0 Å². The summed E-state index contributed by atoms with van der Waals surface area (Å²) < 4.78 is 110. The zero-order chi connectivity index (χ0) is 23.3. The van der Waals surface area contributed by atoms with E-state index in [1.165, 1.54) is 18.2 Å². The number of esters is 2. The van der Waals surface area contributed by atoms with Crippen LogP contribution in [0, 0.1) is 0 Å². The van der Waals surface area contributed by atoms with E-state index in [9.17, 15) is 44.7 Å². The van der Waals surface area contributed by atoms with Gasteiger partial charge in [0.25, 0.3) is 0 Å². The molecule has 1 aromatic carbocycles. The molecule has 0 N–H and O–H groups in total. The molecule has 0 unspecified atom stereocenters. The SMILES string of the molecule is O=C(CCCC(=O)Oc1cccc(Cl)c1Cl)OCC(F)(F)C(F)(F)C(F)(F)C(F)F. The molecule has 14 heteroatoms. The van der Waals surface area contributed by atoms with E-state index in [0.29, 0.717) is 0 Å². The topological polar surface area (TPSA) is 52.6 Å². The first-order valence-corrected chi connectivity index (χ1v) is 8.61. The molecular weight excluding hydrogens is 479 g/mol. The lowest BCUT2D eigenvalue weighted by atomic mass is 10.1. The quantitative estimate of drug-likeness (QED) is 0.237. The van der Waals surface area contributed by atoms with Gasteiger partial charge in [0.1, 0.15) is 5.02 Å². The van der Waals surface area contributed by atoms with Gasteiger partial charge in [-0.1, -0.05) is 29.3 Å². The number of carbonyl (C=O) groups excluding carboxylic acids is 2.